The number of hydrogen-bond donors (Lipinski definition) is 0. The van der Waals surface area contributed by atoms with Gasteiger partial charge in [-0.2, -0.15) is 0 Å². The number of hydrogen-bond acceptors (Lipinski definition) is 1. The Morgan fingerprint density at radius 2 is 2.14 bits per heavy atom. The zero-order valence-corrected chi connectivity index (χ0v) is 8.99. The van der Waals surface area contributed by atoms with Crippen LogP contribution in [0.2, 0.25) is 0 Å². The van der Waals surface area contributed by atoms with Crippen LogP contribution in [-0.2, 0) is 0 Å². The van der Waals surface area contributed by atoms with E-state index in [0.717, 1.165) is 18.3 Å². The molecule has 0 radical (unpaired) electrons. The van der Waals surface area contributed by atoms with E-state index < -0.39 is 0 Å². The van der Waals surface area contributed by atoms with Gasteiger partial charge in [-0.3, -0.25) is 0 Å². The summed E-state index contributed by atoms with van der Waals surface area (Å²) >= 11 is 0. The van der Waals surface area contributed by atoms with Gasteiger partial charge in [0.1, 0.15) is 5.75 Å². The Morgan fingerprint density at radius 1 is 1.36 bits per heavy atom. The first-order valence-electron chi connectivity index (χ1n) is 5.48. The van der Waals surface area contributed by atoms with Crippen molar-refractivity contribution in [1.29, 1.82) is 0 Å². The molecule has 1 aliphatic rings. The molecule has 1 aromatic rings. The van der Waals surface area contributed by atoms with Gasteiger partial charge in [-0.15, -0.1) is 0 Å². The van der Waals surface area contributed by atoms with E-state index in [1.165, 1.54) is 18.4 Å². The summed E-state index contributed by atoms with van der Waals surface area (Å²) in [5, 5.41) is 0. The molecular weight excluding hydrogens is 172 g/mol. The number of benzene rings is 1. The molecule has 0 aliphatic heterocycles. The second-order valence-electron chi connectivity index (χ2n) is 4.55. The molecule has 14 heavy (non-hydrogen) atoms. The minimum absolute atomic E-state index is 0.597. The van der Waals surface area contributed by atoms with Gasteiger partial charge >= 0.3 is 0 Å². The highest BCUT2D eigenvalue weighted by Gasteiger charge is 2.23. The minimum atomic E-state index is 0.597. The third-order valence-corrected chi connectivity index (χ3v) is 2.49. The lowest BCUT2D eigenvalue weighted by Gasteiger charge is -2.09. The zero-order chi connectivity index (χ0) is 9.97. The Bertz CT molecular complexity index is 300. The molecule has 0 atom stereocenters. The summed E-state index contributed by atoms with van der Waals surface area (Å²) in [6.45, 7) is 5.16. The normalized spacial score (nSPS) is 15.9. The number of ether oxygens (including phenoxy) is 1. The quantitative estimate of drug-likeness (QED) is 0.705. The maximum atomic E-state index is 5.69. The summed E-state index contributed by atoms with van der Waals surface area (Å²) in [5.74, 6) is 2.44. The van der Waals surface area contributed by atoms with Crippen LogP contribution < -0.4 is 4.74 Å². The van der Waals surface area contributed by atoms with E-state index in [0.29, 0.717) is 5.92 Å². The average molecular weight is 190 g/mol. The van der Waals surface area contributed by atoms with Crippen molar-refractivity contribution < 1.29 is 4.74 Å². The van der Waals surface area contributed by atoms with Crippen LogP contribution in [0.5, 0.6) is 5.75 Å². The third-order valence-electron chi connectivity index (χ3n) is 2.49. The van der Waals surface area contributed by atoms with E-state index >= 15 is 0 Å². The SMILES string of the molecule is CC(C)COc1cccc(C2CC2)c1. The van der Waals surface area contributed by atoms with Crippen molar-refractivity contribution in [3.05, 3.63) is 29.8 Å². The van der Waals surface area contributed by atoms with Crippen molar-refractivity contribution >= 4 is 0 Å². The molecule has 2 rings (SSSR count). The van der Waals surface area contributed by atoms with Crippen molar-refractivity contribution in [3.8, 4) is 5.75 Å². The largest absolute Gasteiger partial charge is 0.493 e. The molecule has 0 aromatic heterocycles. The fourth-order valence-corrected chi connectivity index (χ4v) is 1.54. The Labute approximate surface area is 86.1 Å². The predicted octanol–water partition coefficient (Wildman–Crippen LogP) is 3.60. The van der Waals surface area contributed by atoms with Gasteiger partial charge in [0.05, 0.1) is 6.61 Å². The van der Waals surface area contributed by atoms with Gasteiger partial charge in [0.15, 0.2) is 0 Å². The van der Waals surface area contributed by atoms with Crippen LogP contribution >= 0.6 is 0 Å². The van der Waals surface area contributed by atoms with Crippen molar-refractivity contribution in [2.75, 3.05) is 6.61 Å². The molecule has 0 bridgehead atoms. The standard InChI is InChI=1S/C13H18O/c1-10(2)9-14-13-5-3-4-12(8-13)11-6-7-11/h3-5,8,10-11H,6-7,9H2,1-2H3. The monoisotopic (exact) mass is 190 g/mol. The Balaban J connectivity index is 1.99. The lowest BCUT2D eigenvalue weighted by Crippen LogP contribution is -2.04. The number of rotatable bonds is 4. The summed E-state index contributed by atoms with van der Waals surface area (Å²) < 4.78 is 5.69. The van der Waals surface area contributed by atoms with Crippen molar-refractivity contribution in [1.82, 2.24) is 0 Å². The van der Waals surface area contributed by atoms with Crippen LogP contribution in [0, 0.1) is 5.92 Å². The molecule has 1 aromatic carbocycles. The smallest absolute Gasteiger partial charge is 0.119 e. The van der Waals surface area contributed by atoms with Crippen LogP contribution in [-0.4, -0.2) is 6.61 Å². The fourth-order valence-electron chi connectivity index (χ4n) is 1.54. The summed E-state index contributed by atoms with van der Waals surface area (Å²) in [5.41, 5.74) is 1.45. The van der Waals surface area contributed by atoms with Gasteiger partial charge in [-0.25, -0.2) is 0 Å². The molecule has 1 aliphatic carbocycles. The molecule has 0 N–H and O–H groups in total. The first kappa shape index (κ1) is 9.57. The summed E-state index contributed by atoms with van der Waals surface area (Å²) in [6, 6.07) is 8.55. The molecular formula is C13H18O. The van der Waals surface area contributed by atoms with Crippen molar-refractivity contribution in [3.63, 3.8) is 0 Å². The predicted molar refractivity (Wildman–Crippen MR) is 58.8 cm³/mol. The van der Waals surface area contributed by atoms with E-state index in [1.807, 2.05) is 6.07 Å². The molecule has 0 saturated heterocycles. The highest BCUT2D eigenvalue weighted by atomic mass is 16.5. The highest BCUT2D eigenvalue weighted by Crippen LogP contribution is 2.40. The summed E-state index contributed by atoms with van der Waals surface area (Å²) in [6.07, 6.45) is 2.71. The topological polar surface area (TPSA) is 9.23 Å². The second-order valence-corrected chi connectivity index (χ2v) is 4.55. The molecule has 0 unspecified atom stereocenters. The lowest BCUT2D eigenvalue weighted by molar-refractivity contribution is 0.271. The average Bonchev–Trinajstić information content (AvgIpc) is 2.98. The van der Waals surface area contributed by atoms with Gasteiger partial charge in [0.25, 0.3) is 0 Å². The highest BCUT2D eigenvalue weighted by molar-refractivity contribution is 5.32. The van der Waals surface area contributed by atoms with Crippen molar-refractivity contribution in [2.45, 2.75) is 32.6 Å². The van der Waals surface area contributed by atoms with Gasteiger partial charge in [-0.1, -0.05) is 26.0 Å². The maximum Gasteiger partial charge on any atom is 0.119 e. The first-order chi connectivity index (χ1) is 6.75. The van der Waals surface area contributed by atoms with E-state index in [1.54, 1.807) is 0 Å². The minimum Gasteiger partial charge on any atom is -0.493 e. The van der Waals surface area contributed by atoms with Gasteiger partial charge in [0, 0.05) is 0 Å². The Morgan fingerprint density at radius 3 is 2.79 bits per heavy atom. The van der Waals surface area contributed by atoms with E-state index in [2.05, 4.69) is 32.0 Å². The van der Waals surface area contributed by atoms with Gasteiger partial charge in [-0.05, 0) is 42.4 Å². The fraction of sp³-hybridized carbons (Fsp3) is 0.538. The van der Waals surface area contributed by atoms with Gasteiger partial charge < -0.3 is 4.74 Å². The van der Waals surface area contributed by atoms with E-state index in [-0.39, 0.29) is 0 Å². The van der Waals surface area contributed by atoms with Crippen LogP contribution in [0.15, 0.2) is 24.3 Å². The molecule has 0 heterocycles. The third kappa shape index (κ3) is 2.50. The van der Waals surface area contributed by atoms with Crippen molar-refractivity contribution in [2.24, 2.45) is 5.92 Å². The first-order valence-corrected chi connectivity index (χ1v) is 5.48. The Kier molecular flexibility index (Phi) is 2.76. The molecule has 76 valence electrons. The van der Waals surface area contributed by atoms with Crippen LogP contribution in [0.4, 0.5) is 0 Å². The molecule has 1 heteroatoms. The van der Waals surface area contributed by atoms with Crippen LogP contribution in [0.25, 0.3) is 0 Å². The van der Waals surface area contributed by atoms with Crippen LogP contribution in [0.1, 0.15) is 38.2 Å². The summed E-state index contributed by atoms with van der Waals surface area (Å²) in [7, 11) is 0. The van der Waals surface area contributed by atoms with E-state index in [4.69, 9.17) is 4.74 Å². The molecule has 1 fully saturated rings. The summed E-state index contributed by atoms with van der Waals surface area (Å²) in [4.78, 5) is 0. The zero-order valence-electron chi connectivity index (χ0n) is 8.99. The Hall–Kier alpha value is -0.980. The molecule has 0 amide bonds. The second kappa shape index (κ2) is 4.04. The lowest BCUT2D eigenvalue weighted by atomic mass is 10.1. The maximum absolute atomic E-state index is 5.69. The van der Waals surface area contributed by atoms with Gasteiger partial charge in [0.2, 0.25) is 0 Å². The van der Waals surface area contributed by atoms with E-state index in [9.17, 15) is 0 Å². The molecule has 1 nitrogen and oxygen atoms in total. The molecule has 1 saturated carbocycles. The van der Waals surface area contributed by atoms with Crippen LogP contribution in [0.3, 0.4) is 0 Å². The molecule has 0 spiro atoms.